The van der Waals surface area contributed by atoms with Gasteiger partial charge in [0.2, 0.25) is 5.91 Å². The Bertz CT molecular complexity index is 754. The SMILES string of the molecule is COC(=O)C(C)(C)NC(=O)[C@@H]1CCCN(S(=O)(=O)c2ccc(C)s2)C1. The molecule has 0 unspecified atom stereocenters. The lowest BCUT2D eigenvalue weighted by Crippen LogP contribution is -2.54. The summed E-state index contributed by atoms with van der Waals surface area (Å²) < 4.78 is 31.8. The number of nitrogens with zero attached hydrogens (tertiary/aromatic N) is 1. The Labute approximate surface area is 152 Å². The molecule has 1 atom stereocenters. The maximum Gasteiger partial charge on any atom is 0.330 e. The number of ether oxygens (including phenoxy) is 1. The summed E-state index contributed by atoms with van der Waals surface area (Å²) in [5.41, 5.74) is -1.15. The van der Waals surface area contributed by atoms with E-state index in [-0.39, 0.29) is 12.5 Å². The van der Waals surface area contributed by atoms with Crippen molar-refractivity contribution in [1.29, 1.82) is 0 Å². The van der Waals surface area contributed by atoms with E-state index in [0.717, 1.165) is 4.88 Å². The van der Waals surface area contributed by atoms with Crippen molar-refractivity contribution in [2.45, 2.75) is 43.4 Å². The van der Waals surface area contributed by atoms with Crippen LogP contribution in [0.3, 0.4) is 0 Å². The summed E-state index contributed by atoms with van der Waals surface area (Å²) >= 11 is 1.22. The number of amides is 1. The van der Waals surface area contributed by atoms with E-state index in [1.165, 1.54) is 22.8 Å². The Balaban J connectivity index is 2.10. The summed E-state index contributed by atoms with van der Waals surface area (Å²) in [5.74, 6) is -1.37. The molecule has 9 heteroatoms. The van der Waals surface area contributed by atoms with Crippen molar-refractivity contribution in [3.05, 3.63) is 17.0 Å². The first kappa shape index (κ1) is 19.9. The van der Waals surface area contributed by atoms with Crippen LogP contribution in [0.2, 0.25) is 0 Å². The van der Waals surface area contributed by atoms with E-state index in [4.69, 9.17) is 0 Å². The van der Waals surface area contributed by atoms with Crippen molar-refractivity contribution < 1.29 is 22.7 Å². The van der Waals surface area contributed by atoms with E-state index in [0.29, 0.717) is 23.6 Å². The van der Waals surface area contributed by atoms with Gasteiger partial charge in [-0.05, 0) is 45.7 Å². The van der Waals surface area contributed by atoms with E-state index < -0.39 is 27.4 Å². The summed E-state index contributed by atoms with van der Waals surface area (Å²) in [4.78, 5) is 25.2. The average molecular weight is 389 g/mol. The van der Waals surface area contributed by atoms with Gasteiger partial charge in [0.05, 0.1) is 13.0 Å². The zero-order valence-electron chi connectivity index (χ0n) is 14.9. The Morgan fingerprint density at radius 2 is 2.04 bits per heavy atom. The van der Waals surface area contributed by atoms with Gasteiger partial charge in [-0.15, -0.1) is 11.3 Å². The molecule has 140 valence electrons. The second-order valence-corrected chi connectivity index (χ2v) is 10.1. The van der Waals surface area contributed by atoms with Gasteiger partial charge >= 0.3 is 5.97 Å². The van der Waals surface area contributed by atoms with Gasteiger partial charge in [0.15, 0.2) is 0 Å². The summed E-state index contributed by atoms with van der Waals surface area (Å²) in [6.07, 6.45) is 1.18. The van der Waals surface area contributed by atoms with Crippen molar-refractivity contribution in [2.24, 2.45) is 5.92 Å². The van der Waals surface area contributed by atoms with Crippen LogP contribution in [0.15, 0.2) is 16.3 Å². The first-order valence-corrected chi connectivity index (χ1v) is 10.3. The first-order chi connectivity index (χ1) is 11.6. The molecule has 0 aromatic carbocycles. The summed E-state index contributed by atoms with van der Waals surface area (Å²) in [7, 11) is -2.33. The lowest BCUT2D eigenvalue weighted by atomic mass is 9.96. The highest BCUT2D eigenvalue weighted by atomic mass is 32.2. The molecule has 25 heavy (non-hydrogen) atoms. The predicted octanol–water partition coefficient (Wildman–Crippen LogP) is 1.53. The third kappa shape index (κ3) is 4.39. The molecule has 1 aromatic heterocycles. The van der Waals surface area contributed by atoms with Crippen LogP contribution in [0.4, 0.5) is 0 Å². The van der Waals surface area contributed by atoms with Crippen LogP contribution in [0, 0.1) is 12.8 Å². The number of carbonyl (C=O) groups is 2. The fraction of sp³-hybridized carbons (Fsp3) is 0.625. The molecule has 1 aliphatic heterocycles. The molecule has 1 fully saturated rings. The number of esters is 1. The van der Waals surface area contributed by atoms with Crippen molar-refractivity contribution >= 4 is 33.2 Å². The lowest BCUT2D eigenvalue weighted by Gasteiger charge is -2.33. The zero-order chi connectivity index (χ0) is 18.8. The smallest absolute Gasteiger partial charge is 0.330 e. The van der Waals surface area contributed by atoms with Crippen LogP contribution in [0.5, 0.6) is 0 Å². The first-order valence-electron chi connectivity index (χ1n) is 8.05. The Morgan fingerprint density at radius 1 is 1.36 bits per heavy atom. The molecule has 0 saturated carbocycles. The van der Waals surface area contributed by atoms with E-state index >= 15 is 0 Å². The minimum atomic E-state index is -3.59. The molecule has 2 heterocycles. The predicted molar refractivity (Wildman–Crippen MR) is 94.8 cm³/mol. The largest absolute Gasteiger partial charge is 0.467 e. The minimum absolute atomic E-state index is 0.113. The highest BCUT2D eigenvalue weighted by Gasteiger charge is 2.37. The van der Waals surface area contributed by atoms with Crippen molar-refractivity contribution in [3.8, 4) is 0 Å². The van der Waals surface area contributed by atoms with Crippen molar-refractivity contribution in [3.63, 3.8) is 0 Å². The Kier molecular flexibility index (Phi) is 5.90. The number of methoxy groups -OCH3 is 1. The van der Waals surface area contributed by atoms with Crippen molar-refractivity contribution in [2.75, 3.05) is 20.2 Å². The Morgan fingerprint density at radius 3 is 2.60 bits per heavy atom. The lowest BCUT2D eigenvalue weighted by molar-refractivity contribution is -0.150. The number of thiophene rings is 1. The zero-order valence-corrected chi connectivity index (χ0v) is 16.5. The normalized spacial score (nSPS) is 19.4. The van der Waals surface area contributed by atoms with E-state index in [9.17, 15) is 18.0 Å². The molecule has 1 aromatic rings. The molecular formula is C16H24N2O5S2. The standard InChI is InChI=1S/C16H24N2O5S2/c1-11-7-8-13(24-11)25(21,22)18-9-5-6-12(10-18)14(19)17-16(2,3)15(20)23-4/h7-8,12H,5-6,9-10H2,1-4H3,(H,17,19)/t12-/m1/s1. The van der Waals surface area contributed by atoms with E-state index in [2.05, 4.69) is 10.1 Å². The molecule has 1 amide bonds. The van der Waals surface area contributed by atoms with Crippen LogP contribution in [-0.4, -0.2) is 50.3 Å². The number of carbonyl (C=O) groups excluding carboxylic acids is 2. The number of hydrogen-bond acceptors (Lipinski definition) is 6. The number of hydrogen-bond donors (Lipinski definition) is 1. The molecule has 0 bridgehead atoms. The molecule has 0 radical (unpaired) electrons. The van der Waals surface area contributed by atoms with Crippen LogP contribution < -0.4 is 5.32 Å². The third-order valence-electron chi connectivity index (χ3n) is 4.20. The second kappa shape index (κ2) is 7.43. The average Bonchev–Trinajstić information content (AvgIpc) is 3.01. The summed E-state index contributed by atoms with van der Waals surface area (Å²) in [6.45, 7) is 5.47. The van der Waals surface area contributed by atoms with Crippen LogP contribution in [0.25, 0.3) is 0 Å². The maximum absolute atomic E-state index is 12.7. The van der Waals surface area contributed by atoms with Gasteiger partial charge in [-0.25, -0.2) is 13.2 Å². The summed E-state index contributed by atoms with van der Waals surface area (Å²) in [5, 5.41) is 2.66. The van der Waals surface area contributed by atoms with Crippen LogP contribution in [-0.2, 0) is 24.3 Å². The fourth-order valence-corrected chi connectivity index (χ4v) is 5.73. The van der Waals surface area contributed by atoms with Gasteiger partial charge in [0.25, 0.3) is 10.0 Å². The molecule has 0 spiro atoms. The second-order valence-electron chi connectivity index (χ2n) is 6.67. The van der Waals surface area contributed by atoms with Crippen LogP contribution >= 0.6 is 11.3 Å². The summed E-state index contributed by atoms with van der Waals surface area (Å²) in [6, 6.07) is 3.37. The molecule has 1 saturated heterocycles. The highest BCUT2D eigenvalue weighted by molar-refractivity contribution is 7.91. The highest BCUT2D eigenvalue weighted by Crippen LogP contribution is 2.28. The maximum atomic E-state index is 12.7. The molecule has 0 aliphatic carbocycles. The molecule has 1 N–H and O–H groups in total. The van der Waals surface area contributed by atoms with Gasteiger partial charge in [0, 0.05) is 18.0 Å². The Hall–Kier alpha value is -1.45. The molecule has 1 aliphatic rings. The fourth-order valence-electron chi connectivity index (χ4n) is 2.77. The van der Waals surface area contributed by atoms with E-state index in [1.54, 1.807) is 26.0 Å². The number of nitrogens with one attached hydrogen (secondary N) is 1. The van der Waals surface area contributed by atoms with Gasteiger partial charge in [-0.2, -0.15) is 4.31 Å². The van der Waals surface area contributed by atoms with Gasteiger partial charge in [-0.1, -0.05) is 0 Å². The van der Waals surface area contributed by atoms with Gasteiger partial charge in [-0.3, -0.25) is 4.79 Å². The number of aryl methyl sites for hydroxylation is 1. The number of piperidine rings is 1. The van der Waals surface area contributed by atoms with Crippen molar-refractivity contribution in [1.82, 2.24) is 9.62 Å². The quantitative estimate of drug-likeness (QED) is 0.772. The molecule has 2 rings (SSSR count). The van der Waals surface area contributed by atoms with E-state index in [1.807, 2.05) is 6.92 Å². The minimum Gasteiger partial charge on any atom is -0.467 e. The number of sulfonamides is 1. The molecular weight excluding hydrogens is 364 g/mol. The van der Waals surface area contributed by atoms with Crippen LogP contribution in [0.1, 0.15) is 31.6 Å². The topological polar surface area (TPSA) is 92.8 Å². The third-order valence-corrected chi connectivity index (χ3v) is 7.53. The van der Waals surface area contributed by atoms with Gasteiger partial charge < -0.3 is 10.1 Å². The number of rotatable bonds is 5. The van der Waals surface area contributed by atoms with Gasteiger partial charge in [0.1, 0.15) is 9.75 Å². The monoisotopic (exact) mass is 388 g/mol. The molecule has 7 nitrogen and oxygen atoms in total.